The molecule has 1 aliphatic rings. The van der Waals surface area contributed by atoms with E-state index in [1.807, 2.05) is 0 Å². The topological polar surface area (TPSA) is 29.3 Å². The molecule has 3 atom stereocenters. The van der Waals surface area contributed by atoms with Gasteiger partial charge in [0.05, 0.1) is 0 Å². The fourth-order valence-electron chi connectivity index (χ4n) is 3.81. The molecular formula is C17H36N2. The Bertz CT molecular complexity index is 252. The van der Waals surface area contributed by atoms with Gasteiger partial charge in [0.15, 0.2) is 0 Å². The molecule has 2 heteroatoms. The normalized spacial score (nSPS) is 30.0. The van der Waals surface area contributed by atoms with Crippen LogP contribution in [-0.2, 0) is 0 Å². The standard InChI is InChI=1S/C17H36N2/c1-6-15(4)12-19(5)17(13-18)9-7-8-16(11-17)10-14(2)3/h14-16H,6-13,18H2,1-5H3. The van der Waals surface area contributed by atoms with Crippen molar-refractivity contribution < 1.29 is 0 Å². The van der Waals surface area contributed by atoms with Crippen molar-refractivity contribution in [3.05, 3.63) is 0 Å². The van der Waals surface area contributed by atoms with E-state index in [4.69, 9.17) is 5.73 Å². The van der Waals surface area contributed by atoms with E-state index < -0.39 is 0 Å². The summed E-state index contributed by atoms with van der Waals surface area (Å²) in [5.74, 6) is 2.48. The summed E-state index contributed by atoms with van der Waals surface area (Å²) in [5.41, 5.74) is 6.49. The van der Waals surface area contributed by atoms with E-state index in [0.717, 1.165) is 24.3 Å². The van der Waals surface area contributed by atoms with Gasteiger partial charge >= 0.3 is 0 Å². The number of hydrogen-bond donors (Lipinski definition) is 1. The molecule has 0 saturated heterocycles. The van der Waals surface area contributed by atoms with E-state index in [1.54, 1.807) is 0 Å². The highest BCUT2D eigenvalue weighted by molar-refractivity contribution is 4.96. The van der Waals surface area contributed by atoms with Gasteiger partial charge in [0.2, 0.25) is 0 Å². The molecule has 0 aromatic heterocycles. The van der Waals surface area contributed by atoms with Crippen LogP contribution in [0, 0.1) is 17.8 Å². The lowest BCUT2D eigenvalue weighted by Crippen LogP contribution is -2.55. The van der Waals surface area contributed by atoms with Crippen LogP contribution in [0.5, 0.6) is 0 Å². The van der Waals surface area contributed by atoms with Crippen LogP contribution in [0.15, 0.2) is 0 Å². The third-order valence-corrected chi connectivity index (χ3v) is 5.20. The smallest absolute Gasteiger partial charge is 0.0331 e. The molecule has 0 radical (unpaired) electrons. The fourth-order valence-corrected chi connectivity index (χ4v) is 3.81. The molecule has 2 N–H and O–H groups in total. The van der Waals surface area contributed by atoms with Crippen LogP contribution >= 0.6 is 0 Å². The van der Waals surface area contributed by atoms with Crippen molar-refractivity contribution in [3.63, 3.8) is 0 Å². The second-order valence-corrected chi connectivity index (χ2v) is 7.41. The predicted molar refractivity (Wildman–Crippen MR) is 85.3 cm³/mol. The second-order valence-electron chi connectivity index (χ2n) is 7.41. The summed E-state index contributed by atoms with van der Waals surface area (Å²) in [5, 5.41) is 0. The zero-order chi connectivity index (χ0) is 14.5. The first-order valence-electron chi connectivity index (χ1n) is 8.34. The Hall–Kier alpha value is -0.0800. The van der Waals surface area contributed by atoms with E-state index in [9.17, 15) is 0 Å². The molecule has 0 aromatic carbocycles. The summed E-state index contributed by atoms with van der Waals surface area (Å²) < 4.78 is 0. The van der Waals surface area contributed by atoms with Gasteiger partial charge in [0.1, 0.15) is 0 Å². The second kappa shape index (κ2) is 7.64. The Morgan fingerprint density at radius 3 is 2.53 bits per heavy atom. The summed E-state index contributed by atoms with van der Waals surface area (Å²) in [6.45, 7) is 11.4. The van der Waals surface area contributed by atoms with Gasteiger partial charge in [-0.25, -0.2) is 0 Å². The summed E-state index contributed by atoms with van der Waals surface area (Å²) in [4.78, 5) is 2.59. The van der Waals surface area contributed by atoms with Crippen LogP contribution in [0.4, 0.5) is 0 Å². The van der Waals surface area contributed by atoms with Gasteiger partial charge in [0, 0.05) is 18.6 Å². The van der Waals surface area contributed by atoms with E-state index in [2.05, 4.69) is 39.6 Å². The zero-order valence-corrected chi connectivity index (χ0v) is 13.9. The van der Waals surface area contributed by atoms with Crippen LogP contribution < -0.4 is 5.73 Å². The maximum absolute atomic E-state index is 6.21. The van der Waals surface area contributed by atoms with E-state index in [1.165, 1.54) is 45.1 Å². The maximum Gasteiger partial charge on any atom is 0.0331 e. The number of nitrogens with two attached hydrogens (primary N) is 1. The molecule has 0 aliphatic heterocycles. The highest BCUT2D eigenvalue weighted by atomic mass is 15.2. The average Bonchev–Trinajstić information content (AvgIpc) is 2.37. The van der Waals surface area contributed by atoms with Gasteiger partial charge in [-0.15, -0.1) is 0 Å². The molecule has 0 bridgehead atoms. The first-order valence-corrected chi connectivity index (χ1v) is 8.34. The highest BCUT2D eigenvalue weighted by Crippen LogP contribution is 2.38. The summed E-state index contributed by atoms with van der Waals surface area (Å²) in [7, 11) is 2.30. The third kappa shape index (κ3) is 4.75. The van der Waals surface area contributed by atoms with Crippen LogP contribution in [0.2, 0.25) is 0 Å². The Morgan fingerprint density at radius 2 is 2.00 bits per heavy atom. The summed E-state index contributed by atoms with van der Waals surface area (Å²) in [6, 6.07) is 0. The molecule has 0 spiro atoms. The maximum atomic E-state index is 6.21. The van der Waals surface area contributed by atoms with Crippen molar-refractivity contribution in [2.75, 3.05) is 20.1 Å². The van der Waals surface area contributed by atoms with Gasteiger partial charge in [-0.2, -0.15) is 0 Å². The van der Waals surface area contributed by atoms with Crippen LogP contribution in [-0.4, -0.2) is 30.6 Å². The minimum Gasteiger partial charge on any atom is -0.329 e. The zero-order valence-electron chi connectivity index (χ0n) is 13.9. The molecule has 0 heterocycles. The first kappa shape index (κ1) is 17.0. The van der Waals surface area contributed by atoms with Gasteiger partial charge in [-0.05, 0) is 44.1 Å². The molecule has 114 valence electrons. The SMILES string of the molecule is CCC(C)CN(C)C1(CN)CCCC(CC(C)C)C1. The minimum atomic E-state index is 0.279. The van der Waals surface area contributed by atoms with Crippen molar-refractivity contribution in [3.8, 4) is 0 Å². The van der Waals surface area contributed by atoms with Crippen molar-refractivity contribution in [1.82, 2.24) is 4.90 Å². The first-order chi connectivity index (χ1) is 8.93. The summed E-state index contributed by atoms with van der Waals surface area (Å²) in [6.07, 6.45) is 8.02. The van der Waals surface area contributed by atoms with Crippen molar-refractivity contribution in [1.29, 1.82) is 0 Å². The predicted octanol–water partition coefficient (Wildman–Crippen LogP) is 3.90. The Labute approximate surface area is 121 Å². The van der Waals surface area contributed by atoms with E-state index in [-0.39, 0.29) is 5.54 Å². The number of nitrogens with zero attached hydrogens (tertiary/aromatic N) is 1. The van der Waals surface area contributed by atoms with Crippen molar-refractivity contribution >= 4 is 0 Å². The van der Waals surface area contributed by atoms with Crippen LogP contribution in [0.3, 0.4) is 0 Å². The van der Waals surface area contributed by atoms with Gasteiger partial charge in [-0.3, -0.25) is 4.90 Å². The van der Waals surface area contributed by atoms with Crippen molar-refractivity contribution in [2.45, 2.75) is 71.8 Å². The molecular weight excluding hydrogens is 232 g/mol. The molecule has 1 rings (SSSR count). The molecule has 2 nitrogen and oxygen atoms in total. The molecule has 0 aromatic rings. The Morgan fingerprint density at radius 1 is 1.32 bits per heavy atom. The molecule has 1 aliphatic carbocycles. The lowest BCUT2D eigenvalue weighted by atomic mass is 9.72. The monoisotopic (exact) mass is 268 g/mol. The molecule has 3 unspecified atom stereocenters. The largest absolute Gasteiger partial charge is 0.329 e. The average molecular weight is 268 g/mol. The van der Waals surface area contributed by atoms with Gasteiger partial charge in [-0.1, -0.05) is 47.0 Å². The summed E-state index contributed by atoms with van der Waals surface area (Å²) >= 11 is 0. The minimum absolute atomic E-state index is 0.279. The number of rotatable bonds is 7. The van der Waals surface area contributed by atoms with Gasteiger partial charge in [0.25, 0.3) is 0 Å². The molecule has 1 fully saturated rings. The number of likely N-dealkylation sites (N-methyl/N-ethyl adjacent to an activating group) is 1. The van der Waals surface area contributed by atoms with E-state index >= 15 is 0 Å². The van der Waals surface area contributed by atoms with Crippen LogP contribution in [0.1, 0.15) is 66.2 Å². The lowest BCUT2D eigenvalue weighted by molar-refractivity contribution is 0.0418. The quantitative estimate of drug-likeness (QED) is 0.759. The lowest BCUT2D eigenvalue weighted by Gasteiger charge is -2.48. The Balaban J connectivity index is 2.67. The Kier molecular flexibility index (Phi) is 6.82. The van der Waals surface area contributed by atoms with Crippen LogP contribution in [0.25, 0.3) is 0 Å². The third-order valence-electron chi connectivity index (χ3n) is 5.20. The number of hydrogen-bond acceptors (Lipinski definition) is 2. The molecule has 1 saturated carbocycles. The molecule has 19 heavy (non-hydrogen) atoms. The molecule has 0 amide bonds. The van der Waals surface area contributed by atoms with Gasteiger partial charge < -0.3 is 5.73 Å². The van der Waals surface area contributed by atoms with Crippen molar-refractivity contribution in [2.24, 2.45) is 23.5 Å². The van der Waals surface area contributed by atoms with E-state index in [0.29, 0.717) is 0 Å². The highest BCUT2D eigenvalue weighted by Gasteiger charge is 2.38. The fraction of sp³-hybridized carbons (Fsp3) is 1.00.